The predicted octanol–water partition coefficient (Wildman–Crippen LogP) is 1.46. The van der Waals surface area contributed by atoms with Crippen LogP contribution in [0.2, 0.25) is 0 Å². The lowest BCUT2D eigenvalue weighted by atomic mass is 9.78. The molecule has 0 aromatic carbocycles. The molecule has 1 aliphatic rings. The summed E-state index contributed by atoms with van der Waals surface area (Å²) >= 11 is 0. The van der Waals surface area contributed by atoms with Gasteiger partial charge in [0.15, 0.2) is 0 Å². The smallest absolute Gasteiger partial charge is 0.128 e. The van der Waals surface area contributed by atoms with Crippen LogP contribution in [0.4, 0.5) is 5.82 Å². The normalized spacial score (nSPS) is 19.5. The van der Waals surface area contributed by atoms with Gasteiger partial charge in [-0.3, -0.25) is 0 Å². The first kappa shape index (κ1) is 8.51. The number of hydrogen-bond acceptors (Lipinski definition) is 3. The van der Waals surface area contributed by atoms with E-state index in [9.17, 15) is 0 Å². The Kier molecular flexibility index (Phi) is 2.19. The summed E-state index contributed by atoms with van der Waals surface area (Å²) < 4.78 is 0. The minimum atomic E-state index is 0.0856. The van der Waals surface area contributed by atoms with Crippen LogP contribution in [0.1, 0.15) is 30.9 Å². The molecule has 0 aliphatic heterocycles. The Morgan fingerprint density at radius 1 is 1.46 bits per heavy atom. The summed E-state index contributed by atoms with van der Waals surface area (Å²) in [5, 5.41) is 0. The van der Waals surface area contributed by atoms with Gasteiger partial charge in [-0.15, -0.1) is 0 Å². The molecule has 1 fully saturated rings. The van der Waals surface area contributed by atoms with Crippen molar-refractivity contribution in [3.8, 4) is 0 Å². The van der Waals surface area contributed by atoms with Crippen LogP contribution in [0.5, 0.6) is 0 Å². The molecule has 13 heavy (non-hydrogen) atoms. The van der Waals surface area contributed by atoms with Crippen molar-refractivity contribution in [1.29, 1.82) is 0 Å². The van der Waals surface area contributed by atoms with E-state index in [-0.39, 0.29) is 6.04 Å². The van der Waals surface area contributed by atoms with E-state index in [0.29, 0.717) is 11.7 Å². The molecule has 70 valence electrons. The van der Waals surface area contributed by atoms with Crippen molar-refractivity contribution >= 4 is 5.82 Å². The van der Waals surface area contributed by atoms with Crippen LogP contribution in [-0.2, 0) is 0 Å². The van der Waals surface area contributed by atoms with Gasteiger partial charge in [0.1, 0.15) is 5.82 Å². The highest BCUT2D eigenvalue weighted by Crippen LogP contribution is 2.37. The molecule has 1 atom stereocenters. The van der Waals surface area contributed by atoms with E-state index in [1.807, 2.05) is 12.1 Å². The first-order valence-electron chi connectivity index (χ1n) is 4.75. The zero-order valence-electron chi connectivity index (χ0n) is 7.61. The average molecular weight is 177 g/mol. The van der Waals surface area contributed by atoms with E-state index in [1.54, 1.807) is 6.20 Å². The molecule has 1 aliphatic carbocycles. The predicted molar refractivity (Wildman–Crippen MR) is 52.9 cm³/mol. The van der Waals surface area contributed by atoms with Gasteiger partial charge in [0.25, 0.3) is 0 Å². The Balaban J connectivity index is 2.18. The molecule has 0 radical (unpaired) electrons. The van der Waals surface area contributed by atoms with Crippen LogP contribution < -0.4 is 11.5 Å². The van der Waals surface area contributed by atoms with Gasteiger partial charge in [-0.05, 0) is 24.8 Å². The van der Waals surface area contributed by atoms with Gasteiger partial charge < -0.3 is 11.5 Å². The van der Waals surface area contributed by atoms with E-state index >= 15 is 0 Å². The van der Waals surface area contributed by atoms with E-state index in [2.05, 4.69) is 4.98 Å². The van der Waals surface area contributed by atoms with Gasteiger partial charge >= 0.3 is 0 Å². The van der Waals surface area contributed by atoms with Crippen LogP contribution in [0.15, 0.2) is 18.3 Å². The summed E-state index contributed by atoms with van der Waals surface area (Å²) in [5.41, 5.74) is 12.8. The van der Waals surface area contributed by atoms with E-state index in [1.165, 1.54) is 19.3 Å². The zero-order valence-corrected chi connectivity index (χ0v) is 7.61. The molecule has 0 amide bonds. The third kappa shape index (κ3) is 1.52. The van der Waals surface area contributed by atoms with Crippen LogP contribution >= 0.6 is 0 Å². The fourth-order valence-electron chi connectivity index (χ4n) is 1.76. The highest BCUT2D eigenvalue weighted by atomic mass is 14.8. The number of nitrogen functional groups attached to an aromatic ring is 1. The second-order valence-electron chi connectivity index (χ2n) is 3.69. The summed E-state index contributed by atoms with van der Waals surface area (Å²) in [6.07, 6.45) is 5.47. The van der Waals surface area contributed by atoms with Crippen molar-refractivity contribution in [3.05, 3.63) is 23.9 Å². The number of nitrogens with zero attached hydrogens (tertiary/aromatic N) is 1. The van der Waals surface area contributed by atoms with Crippen molar-refractivity contribution in [2.24, 2.45) is 11.7 Å². The minimum absolute atomic E-state index is 0.0856. The largest absolute Gasteiger partial charge is 0.383 e. The molecule has 3 heteroatoms. The average Bonchev–Trinajstić information content (AvgIpc) is 2.01. The van der Waals surface area contributed by atoms with Crippen molar-refractivity contribution in [2.75, 3.05) is 5.73 Å². The van der Waals surface area contributed by atoms with Crippen LogP contribution in [0.3, 0.4) is 0 Å². The molecule has 1 aromatic rings. The highest BCUT2D eigenvalue weighted by molar-refractivity contribution is 5.41. The summed E-state index contributed by atoms with van der Waals surface area (Å²) in [4.78, 5) is 4.04. The molecule has 1 saturated carbocycles. The summed E-state index contributed by atoms with van der Waals surface area (Å²) in [6.45, 7) is 0. The van der Waals surface area contributed by atoms with Gasteiger partial charge in [-0.25, -0.2) is 4.98 Å². The Morgan fingerprint density at radius 2 is 2.23 bits per heavy atom. The number of rotatable bonds is 2. The number of pyridine rings is 1. The molecular weight excluding hydrogens is 162 g/mol. The monoisotopic (exact) mass is 177 g/mol. The molecule has 0 unspecified atom stereocenters. The van der Waals surface area contributed by atoms with Crippen molar-refractivity contribution in [3.63, 3.8) is 0 Å². The second kappa shape index (κ2) is 3.34. The van der Waals surface area contributed by atoms with Crippen LogP contribution in [0.25, 0.3) is 0 Å². The highest BCUT2D eigenvalue weighted by Gasteiger charge is 2.26. The maximum absolute atomic E-state index is 6.08. The van der Waals surface area contributed by atoms with Gasteiger partial charge in [0.05, 0.1) is 0 Å². The Bertz CT molecular complexity index is 294. The van der Waals surface area contributed by atoms with Gasteiger partial charge in [-0.2, -0.15) is 0 Å². The SMILES string of the molecule is Nc1ncccc1[C@@H](N)C1CCC1. The summed E-state index contributed by atoms with van der Waals surface area (Å²) in [7, 11) is 0. The maximum Gasteiger partial charge on any atom is 0.128 e. The van der Waals surface area contributed by atoms with Gasteiger partial charge in [-0.1, -0.05) is 12.5 Å². The minimum Gasteiger partial charge on any atom is -0.383 e. The number of nitrogens with two attached hydrogens (primary N) is 2. The quantitative estimate of drug-likeness (QED) is 0.718. The molecule has 1 aromatic heterocycles. The zero-order chi connectivity index (χ0) is 9.26. The Morgan fingerprint density at radius 3 is 2.77 bits per heavy atom. The third-order valence-electron chi connectivity index (χ3n) is 2.89. The van der Waals surface area contributed by atoms with Crippen molar-refractivity contribution in [1.82, 2.24) is 4.98 Å². The van der Waals surface area contributed by atoms with Crippen molar-refractivity contribution < 1.29 is 0 Å². The fourth-order valence-corrected chi connectivity index (χ4v) is 1.76. The standard InChI is InChI=1S/C10H15N3/c11-9(7-3-1-4-7)8-5-2-6-13-10(8)12/h2,5-7,9H,1,3-4,11H2,(H2,12,13)/t9-/m0/s1. The van der Waals surface area contributed by atoms with Crippen LogP contribution in [0, 0.1) is 5.92 Å². The lowest BCUT2D eigenvalue weighted by Crippen LogP contribution is -2.27. The molecule has 3 nitrogen and oxygen atoms in total. The van der Waals surface area contributed by atoms with Gasteiger partial charge in [0.2, 0.25) is 0 Å². The third-order valence-corrected chi connectivity index (χ3v) is 2.89. The molecule has 0 spiro atoms. The fraction of sp³-hybridized carbons (Fsp3) is 0.500. The van der Waals surface area contributed by atoms with Crippen LogP contribution in [-0.4, -0.2) is 4.98 Å². The lowest BCUT2D eigenvalue weighted by molar-refractivity contribution is 0.264. The molecule has 0 saturated heterocycles. The first-order chi connectivity index (χ1) is 6.29. The number of hydrogen-bond donors (Lipinski definition) is 2. The van der Waals surface area contributed by atoms with Gasteiger partial charge in [0, 0.05) is 17.8 Å². The Labute approximate surface area is 78.1 Å². The molecule has 0 bridgehead atoms. The topological polar surface area (TPSA) is 64.9 Å². The number of anilines is 1. The lowest BCUT2D eigenvalue weighted by Gasteiger charge is -2.31. The van der Waals surface area contributed by atoms with E-state index in [4.69, 9.17) is 11.5 Å². The first-order valence-corrected chi connectivity index (χ1v) is 4.75. The second-order valence-corrected chi connectivity index (χ2v) is 3.69. The van der Waals surface area contributed by atoms with Crippen molar-refractivity contribution in [2.45, 2.75) is 25.3 Å². The molecule has 1 heterocycles. The molecule has 4 N–H and O–H groups in total. The number of aromatic nitrogens is 1. The van der Waals surface area contributed by atoms with E-state index in [0.717, 1.165) is 5.56 Å². The molecular formula is C10H15N3. The molecule has 2 rings (SSSR count). The maximum atomic E-state index is 6.08. The summed E-state index contributed by atoms with van der Waals surface area (Å²) in [5.74, 6) is 1.20. The Hall–Kier alpha value is -1.09. The summed E-state index contributed by atoms with van der Waals surface area (Å²) in [6, 6.07) is 3.96. The van der Waals surface area contributed by atoms with E-state index < -0.39 is 0 Å².